The van der Waals surface area contributed by atoms with Gasteiger partial charge in [0.1, 0.15) is 11.6 Å². The van der Waals surface area contributed by atoms with E-state index >= 15 is 0 Å². The molecule has 3 nitrogen and oxygen atoms in total. The minimum atomic E-state index is -3.12. The molecule has 7 heteroatoms. The van der Waals surface area contributed by atoms with E-state index in [0.717, 1.165) is 0 Å². The number of rotatable bonds is 6. The molecule has 3 aromatic rings. The van der Waals surface area contributed by atoms with E-state index in [1.165, 1.54) is 36.4 Å². The van der Waals surface area contributed by atoms with Crippen LogP contribution < -0.4 is 4.89 Å². The van der Waals surface area contributed by atoms with Crippen molar-refractivity contribution in [1.29, 1.82) is 0 Å². The van der Waals surface area contributed by atoms with Crippen molar-refractivity contribution in [2.24, 2.45) is 0 Å². The molecule has 0 aromatic heterocycles. The van der Waals surface area contributed by atoms with Crippen molar-refractivity contribution in [3.63, 3.8) is 0 Å². The van der Waals surface area contributed by atoms with Gasteiger partial charge in [-0.15, -0.1) is 4.89 Å². The third kappa shape index (κ3) is 4.38. The van der Waals surface area contributed by atoms with Crippen molar-refractivity contribution in [3.8, 4) is 28.0 Å². The number of alkyl halides is 2. The van der Waals surface area contributed by atoms with Crippen LogP contribution in [-0.2, 0) is 9.93 Å². The van der Waals surface area contributed by atoms with Crippen molar-refractivity contribution in [2.45, 2.75) is 6.61 Å². The zero-order valence-electron chi connectivity index (χ0n) is 13.2. The Bertz CT molecular complexity index is 882. The van der Waals surface area contributed by atoms with Gasteiger partial charge < -0.3 is 4.89 Å². The van der Waals surface area contributed by atoms with Crippen LogP contribution in [0.2, 0.25) is 0 Å². The van der Waals surface area contributed by atoms with Crippen molar-refractivity contribution in [1.82, 2.24) is 0 Å². The summed E-state index contributed by atoms with van der Waals surface area (Å²) < 4.78 is 51.2. The van der Waals surface area contributed by atoms with Crippen LogP contribution in [0.5, 0.6) is 5.75 Å². The Kier molecular flexibility index (Phi) is 5.50. The molecule has 3 rings (SSSR count). The van der Waals surface area contributed by atoms with Gasteiger partial charge in [0.25, 0.3) is 0 Å². The summed E-state index contributed by atoms with van der Waals surface area (Å²) >= 11 is 0. The third-order valence-corrected chi connectivity index (χ3v) is 3.53. The highest BCUT2D eigenvalue weighted by molar-refractivity contribution is 5.71. The first-order chi connectivity index (χ1) is 12.5. The first-order valence-electron chi connectivity index (χ1n) is 7.47. The normalized spacial score (nSPS) is 11.0. The van der Waals surface area contributed by atoms with Gasteiger partial charge in [0.05, 0.1) is 0 Å². The largest absolute Gasteiger partial charge is 0.375 e. The molecule has 0 aliphatic rings. The molecule has 0 aliphatic carbocycles. The SMILES string of the molecule is Fc1cccc(-c2ccc(-c3ccc(OOOC(F)F)cc3)cc2F)c1. The standard InChI is InChI=1S/C19H12F4O3/c20-15-3-1-2-14(10-15)17-9-6-13(11-18(17)21)12-4-7-16(8-5-12)24-26-25-19(22)23/h1-11,19H. The minimum Gasteiger partial charge on any atom is -0.308 e. The van der Waals surface area contributed by atoms with Gasteiger partial charge in [0.15, 0.2) is 5.75 Å². The fourth-order valence-corrected chi connectivity index (χ4v) is 2.38. The summed E-state index contributed by atoms with van der Waals surface area (Å²) in [6.07, 6.45) is 0. The Morgan fingerprint density at radius 1 is 0.731 bits per heavy atom. The molecule has 0 aliphatic heterocycles. The summed E-state index contributed by atoms with van der Waals surface area (Å²) in [7, 11) is 0. The predicted octanol–water partition coefficient (Wildman–Crippen LogP) is 5.76. The van der Waals surface area contributed by atoms with E-state index in [4.69, 9.17) is 0 Å². The molecule has 0 unspecified atom stereocenters. The van der Waals surface area contributed by atoms with E-state index in [0.29, 0.717) is 16.7 Å². The molecule has 134 valence electrons. The highest BCUT2D eigenvalue weighted by atomic mass is 19.3. The summed E-state index contributed by atoms with van der Waals surface area (Å²) in [5, 5.41) is 3.88. The molecule has 0 fully saturated rings. The van der Waals surface area contributed by atoms with Crippen LogP contribution in [0.15, 0.2) is 66.7 Å². The fourth-order valence-electron chi connectivity index (χ4n) is 2.38. The second-order valence-corrected chi connectivity index (χ2v) is 5.24. The van der Waals surface area contributed by atoms with Gasteiger partial charge in [0, 0.05) is 5.56 Å². The molecular formula is C19H12F4O3. The summed E-state index contributed by atoms with van der Waals surface area (Å²) in [6.45, 7) is -3.12. The molecule has 0 bridgehead atoms. The van der Waals surface area contributed by atoms with Gasteiger partial charge in [-0.3, -0.25) is 0 Å². The van der Waals surface area contributed by atoms with Crippen LogP contribution in [0, 0.1) is 11.6 Å². The monoisotopic (exact) mass is 364 g/mol. The first-order valence-corrected chi connectivity index (χ1v) is 7.47. The second kappa shape index (κ2) is 7.99. The molecular weight excluding hydrogens is 352 g/mol. The van der Waals surface area contributed by atoms with Gasteiger partial charge in [-0.25, -0.2) is 8.78 Å². The highest BCUT2D eigenvalue weighted by Gasteiger charge is 2.09. The number of hydrogen-bond acceptors (Lipinski definition) is 3. The van der Waals surface area contributed by atoms with E-state index in [2.05, 4.69) is 14.8 Å². The van der Waals surface area contributed by atoms with Gasteiger partial charge in [-0.05, 0) is 52.1 Å². The Labute approximate surface area is 146 Å². The summed E-state index contributed by atoms with van der Waals surface area (Å²) in [4.78, 5) is 8.02. The molecule has 0 saturated heterocycles. The zero-order chi connectivity index (χ0) is 18.5. The van der Waals surface area contributed by atoms with Gasteiger partial charge >= 0.3 is 6.61 Å². The second-order valence-electron chi connectivity index (χ2n) is 5.24. The van der Waals surface area contributed by atoms with Crippen molar-refractivity contribution in [2.75, 3.05) is 0 Å². The van der Waals surface area contributed by atoms with E-state index < -0.39 is 18.2 Å². The van der Waals surface area contributed by atoms with Gasteiger partial charge in [-0.2, -0.15) is 8.78 Å². The van der Waals surface area contributed by atoms with Gasteiger partial charge in [-0.1, -0.05) is 36.4 Å². The topological polar surface area (TPSA) is 27.7 Å². The average Bonchev–Trinajstić information content (AvgIpc) is 2.62. The fraction of sp³-hybridized carbons (Fsp3) is 0.0526. The molecule has 0 radical (unpaired) electrons. The van der Waals surface area contributed by atoms with E-state index in [1.807, 2.05) is 0 Å². The van der Waals surface area contributed by atoms with Crippen molar-refractivity contribution in [3.05, 3.63) is 78.4 Å². The maximum absolute atomic E-state index is 14.4. The molecule has 0 heterocycles. The van der Waals surface area contributed by atoms with E-state index in [-0.39, 0.29) is 11.3 Å². The Balaban J connectivity index is 1.76. The van der Waals surface area contributed by atoms with Crippen LogP contribution in [0.1, 0.15) is 0 Å². The summed E-state index contributed by atoms with van der Waals surface area (Å²) in [5.74, 6) is -0.812. The Morgan fingerprint density at radius 2 is 1.46 bits per heavy atom. The average molecular weight is 364 g/mol. The maximum Gasteiger partial charge on any atom is 0.375 e. The Hall–Kier alpha value is -2.90. The van der Waals surface area contributed by atoms with Crippen molar-refractivity contribution < 1.29 is 32.4 Å². The number of benzene rings is 3. The summed E-state index contributed by atoms with van der Waals surface area (Å²) in [6, 6.07) is 16.3. The van der Waals surface area contributed by atoms with Crippen LogP contribution in [0.4, 0.5) is 17.6 Å². The quantitative estimate of drug-likeness (QED) is 0.316. The van der Waals surface area contributed by atoms with Gasteiger partial charge in [0.2, 0.25) is 0 Å². The van der Waals surface area contributed by atoms with Crippen LogP contribution >= 0.6 is 0 Å². The van der Waals surface area contributed by atoms with Crippen LogP contribution in [0.25, 0.3) is 22.3 Å². The van der Waals surface area contributed by atoms with Crippen molar-refractivity contribution >= 4 is 0 Å². The predicted molar refractivity (Wildman–Crippen MR) is 86.0 cm³/mol. The molecule has 0 amide bonds. The third-order valence-electron chi connectivity index (χ3n) is 3.53. The highest BCUT2D eigenvalue weighted by Crippen LogP contribution is 2.29. The number of halogens is 4. The maximum atomic E-state index is 14.4. The zero-order valence-corrected chi connectivity index (χ0v) is 13.2. The van der Waals surface area contributed by atoms with Crippen LogP contribution in [0.3, 0.4) is 0 Å². The molecule has 0 atom stereocenters. The van der Waals surface area contributed by atoms with E-state index in [1.54, 1.807) is 30.3 Å². The lowest BCUT2D eigenvalue weighted by Crippen LogP contribution is -2.03. The molecule has 3 aromatic carbocycles. The lowest BCUT2D eigenvalue weighted by molar-refractivity contribution is -0.513. The van der Waals surface area contributed by atoms with E-state index in [9.17, 15) is 17.6 Å². The lowest BCUT2D eigenvalue weighted by atomic mass is 9.99. The molecule has 0 spiro atoms. The Morgan fingerprint density at radius 3 is 2.12 bits per heavy atom. The summed E-state index contributed by atoms with van der Waals surface area (Å²) in [5.41, 5.74) is 1.97. The molecule has 26 heavy (non-hydrogen) atoms. The minimum absolute atomic E-state index is 0.131. The number of hydrogen-bond donors (Lipinski definition) is 0. The molecule has 0 N–H and O–H groups in total. The lowest BCUT2D eigenvalue weighted by Gasteiger charge is -2.08. The van der Waals surface area contributed by atoms with Crippen LogP contribution in [-0.4, -0.2) is 6.61 Å². The smallest absolute Gasteiger partial charge is 0.308 e. The molecule has 0 saturated carbocycles. The first kappa shape index (κ1) is 17.9.